The summed E-state index contributed by atoms with van der Waals surface area (Å²) in [5.74, 6) is 0.121. The maximum absolute atomic E-state index is 12.0. The molecule has 0 amide bonds. The second-order valence-corrected chi connectivity index (χ2v) is 5.40. The van der Waals surface area contributed by atoms with Crippen molar-refractivity contribution in [1.82, 2.24) is 0 Å². The van der Waals surface area contributed by atoms with Gasteiger partial charge in [-0.25, -0.2) is 4.79 Å². The topological polar surface area (TPSA) is 52.3 Å². The lowest BCUT2D eigenvalue weighted by atomic mass is 9.91. The minimum absolute atomic E-state index is 0.278. The van der Waals surface area contributed by atoms with E-state index in [4.69, 9.17) is 10.5 Å². The third kappa shape index (κ3) is 2.75. The highest BCUT2D eigenvalue weighted by Gasteiger charge is 2.24. The molecule has 1 heterocycles. The summed E-state index contributed by atoms with van der Waals surface area (Å²) in [5, 5.41) is 2.60. The molecule has 0 radical (unpaired) electrons. The maximum atomic E-state index is 12.0. The second kappa shape index (κ2) is 6.05. The molecule has 1 atom stereocenters. The SMILES string of the molecule is CCOC(=O)c1c(C2CC=CCCC2)csc1N. The van der Waals surface area contributed by atoms with Gasteiger partial charge in [0.05, 0.1) is 12.2 Å². The van der Waals surface area contributed by atoms with E-state index in [1.807, 2.05) is 12.3 Å². The smallest absolute Gasteiger partial charge is 0.341 e. The van der Waals surface area contributed by atoms with Gasteiger partial charge in [0.25, 0.3) is 0 Å². The van der Waals surface area contributed by atoms with E-state index in [1.54, 1.807) is 0 Å². The highest BCUT2D eigenvalue weighted by atomic mass is 32.1. The molecule has 0 aliphatic heterocycles. The molecule has 18 heavy (non-hydrogen) atoms. The largest absolute Gasteiger partial charge is 0.462 e. The van der Waals surface area contributed by atoms with E-state index in [0.29, 0.717) is 23.1 Å². The summed E-state index contributed by atoms with van der Waals surface area (Å²) in [4.78, 5) is 12.0. The van der Waals surface area contributed by atoms with E-state index in [-0.39, 0.29) is 5.97 Å². The summed E-state index contributed by atoms with van der Waals surface area (Å²) in [7, 11) is 0. The van der Waals surface area contributed by atoms with E-state index in [9.17, 15) is 4.79 Å². The summed E-state index contributed by atoms with van der Waals surface area (Å²) in [5.41, 5.74) is 7.59. The Morgan fingerprint density at radius 3 is 3.17 bits per heavy atom. The second-order valence-electron chi connectivity index (χ2n) is 4.49. The fourth-order valence-corrected chi connectivity index (χ4v) is 3.25. The van der Waals surface area contributed by atoms with Crippen molar-refractivity contribution in [1.29, 1.82) is 0 Å². The van der Waals surface area contributed by atoms with Gasteiger partial charge in [-0.15, -0.1) is 11.3 Å². The lowest BCUT2D eigenvalue weighted by Gasteiger charge is -2.14. The molecule has 1 aliphatic rings. The summed E-state index contributed by atoms with van der Waals surface area (Å²) < 4.78 is 5.10. The summed E-state index contributed by atoms with van der Waals surface area (Å²) in [6.45, 7) is 2.20. The monoisotopic (exact) mass is 265 g/mol. The third-order valence-electron chi connectivity index (χ3n) is 3.28. The lowest BCUT2D eigenvalue weighted by Crippen LogP contribution is -2.10. The number of nitrogens with two attached hydrogens (primary N) is 1. The number of hydrogen-bond acceptors (Lipinski definition) is 4. The Morgan fingerprint density at radius 1 is 1.56 bits per heavy atom. The number of esters is 1. The minimum atomic E-state index is -0.278. The van der Waals surface area contributed by atoms with E-state index < -0.39 is 0 Å². The molecule has 1 unspecified atom stereocenters. The molecule has 0 saturated heterocycles. The van der Waals surface area contributed by atoms with Crippen LogP contribution in [0, 0.1) is 0 Å². The van der Waals surface area contributed by atoms with Crippen LogP contribution < -0.4 is 5.73 Å². The van der Waals surface area contributed by atoms with Crippen molar-refractivity contribution in [3.63, 3.8) is 0 Å². The van der Waals surface area contributed by atoms with Gasteiger partial charge in [-0.3, -0.25) is 0 Å². The van der Waals surface area contributed by atoms with Gasteiger partial charge >= 0.3 is 5.97 Å². The molecule has 0 spiro atoms. The van der Waals surface area contributed by atoms with Crippen LogP contribution in [0.25, 0.3) is 0 Å². The third-order valence-corrected chi connectivity index (χ3v) is 4.11. The van der Waals surface area contributed by atoms with Crippen LogP contribution in [0.1, 0.15) is 54.4 Å². The highest BCUT2D eigenvalue weighted by Crippen LogP contribution is 2.37. The average molecular weight is 265 g/mol. The molecule has 98 valence electrons. The first-order valence-corrected chi connectivity index (χ1v) is 7.31. The number of anilines is 1. The molecule has 0 aromatic carbocycles. The van der Waals surface area contributed by atoms with Gasteiger partial charge in [-0.05, 0) is 49.5 Å². The molecular weight excluding hydrogens is 246 g/mol. The van der Waals surface area contributed by atoms with Crippen molar-refractivity contribution in [2.75, 3.05) is 12.3 Å². The van der Waals surface area contributed by atoms with Gasteiger partial charge in [0, 0.05) is 0 Å². The molecule has 0 bridgehead atoms. The first-order valence-electron chi connectivity index (χ1n) is 6.43. The number of nitrogen functional groups attached to an aromatic ring is 1. The van der Waals surface area contributed by atoms with E-state index in [2.05, 4.69) is 12.2 Å². The van der Waals surface area contributed by atoms with Gasteiger partial charge in [-0.2, -0.15) is 0 Å². The van der Waals surface area contributed by atoms with Gasteiger partial charge in [0.2, 0.25) is 0 Å². The highest BCUT2D eigenvalue weighted by molar-refractivity contribution is 7.14. The van der Waals surface area contributed by atoms with Crippen LogP contribution in [0.2, 0.25) is 0 Å². The molecule has 0 saturated carbocycles. The molecule has 1 aromatic heterocycles. The maximum Gasteiger partial charge on any atom is 0.341 e. The Kier molecular flexibility index (Phi) is 4.42. The Labute approximate surface area is 112 Å². The van der Waals surface area contributed by atoms with Crippen molar-refractivity contribution in [2.24, 2.45) is 0 Å². The number of ether oxygens (including phenoxy) is 1. The fourth-order valence-electron chi connectivity index (χ4n) is 2.37. The summed E-state index contributed by atoms with van der Waals surface area (Å²) in [6, 6.07) is 0. The predicted octanol–water partition coefficient (Wildman–Crippen LogP) is 3.72. The van der Waals surface area contributed by atoms with Crippen LogP contribution in [0.3, 0.4) is 0 Å². The van der Waals surface area contributed by atoms with Crippen LogP contribution in [-0.4, -0.2) is 12.6 Å². The minimum Gasteiger partial charge on any atom is -0.462 e. The fraction of sp³-hybridized carbons (Fsp3) is 0.500. The van der Waals surface area contributed by atoms with Crippen LogP contribution in [0.4, 0.5) is 5.00 Å². The zero-order valence-corrected chi connectivity index (χ0v) is 11.5. The van der Waals surface area contributed by atoms with Crippen LogP contribution in [0.15, 0.2) is 17.5 Å². The Balaban J connectivity index is 2.27. The summed E-state index contributed by atoms with van der Waals surface area (Å²) >= 11 is 1.44. The van der Waals surface area contributed by atoms with Crippen LogP contribution in [-0.2, 0) is 4.74 Å². The molecule has 2 N–H and O–H groups in total. The molecule has 4 heteroatoms. The van der Waals surface area contributed by atoms with Crippen LogP contribution >= 0.6 is 11.3 Å². The standard InChI is InChI=1S/C14H19NO2S/c1-2-17-14(16)12-11(9-18-13(12)15)10-7-5-3-4-6-8-10/h3,5,9-10H,2,4,6-8,15H2,1H3. The Bertz CT molecular complexity index is 451. The normalized spacial score (nSPS) is 19.5. The van der Waals surface area contributed by atoms with Crippen molar-refractivity contribution in [3.05, 3.63) is 28.7 Å². The Morgan fingerprint density at radius 2 is 2.39 bits per heavy atom. The lowest BCUT2D eigenvalue weighted by molar-refractivity contribution is 0.0526. The van der Waals surface area contributed by atoms with E-state index >= 15 is 0 Å². The quantitative estimate of drug-likeness (QED) is 0.669. The number of allylic oxidation sites excluding steroid dienone is 2. The molecule has 3 nitrogen and oxygen atoms in total. The first-order chi connectivity index (χ1) is 8.74. The number of carbonyl (C=O) groups is 1. The molecule has 2 rings (SSSR count). The number of thiophene rings is 1. The zero-order chi connectivity index (χ0) is 13.0. The number of hydrogen-bond donors (Lipinski definition) is 1. The van der Waals surface area contributed by atoms with Crippen molar-refractivity contribution in [2.45, 2.75) is 38.5 Å². The van der Waals surface area contributed by atoms with Crippen molar-refractivity contribution in [3.8, 4) is 0 Å². The van der Waals surface area contributed by atoms with Crippen molar-refractivity contribution < 1.29 is 9.53 Å². The van der Waals surface area contributed by atoms with Gasteiger partial charge in [0.1, 0.15) is 5.00 Å². The molecule has 1 aromatic rings. The average Bonchev–Trinajstić information content (AvgIpc) is 2.58. The van der Waals surface area contributed by atoms with Gasteiger partial charge < -0.3 is 10.5 Å². The molecule has 0 fully saturated rings. The zero-order valence-electron chi connectivity index (χ0n) is 10.6. The number of carbonyl (C=O) groups excluding carboxylic acids is 1. The van der Waals surface area contributed by atoms with Gasteiger partial charge in [-0.1, -0.05) is 12.2 Å². The Hall–Kier alpha value is -1.29. The van der Waals surface area contributed by atoms with E-state index in [0.717, 1.165) is 24.8 Å². The van der Waals surface area contributed by atoms with Gasteiger partial charge in [0.15, 0.2) is 0 Å². The predicted molar refractivity (Wildman–Crippen MR) is 75.0 cm³/mol. The van der Waals surface area contributed by atoms with Crippen molar-refractivity contribution >= 4 is 22.3 Å². The summed E-state index contributed by atoms with van der Waals surface area (Å²) in [6.07, 6.45) is 8.82. The first kappa shape index (κ1) is 13.1. The molecule has 1 aliphatic carbocycles. The van der Waals surface area contributed by atoms with E-state index in [1.165, 1.54) is 17.8 Å². The molecular formula is C14H19NO2S. The number of rotatable bonds is 3. The van der Waals surface area contributed by atoms with Crippen LogP contribution in [0.5, 0.6) is 0 Å².